The molecule has 0 saturated carbocycles. The first-order valence-electron chi connectivity index (χ1n) is 6.73. The minimum absolute atomic E-state index is 0.158. The maximum Gasteiger partial charge on any atom is 0.146 e. The van der Waals surface area contributed by atoms with Gasteiger partial charge in [-0.3, -0.25) is 0 Å². The molecule has 0 heterocycles. The van der Waals surface area contributed by atoms with Crippen molar-refractivity contribution in [2.24, 2.45) is 5.92 Å². The molecule has 0 aliphatic carbocycles. The van der Waals surface area contributed by atoms with Crippen LogP contribution in [0.25, 0.3) is 0 Å². The first kappa shape index (κ1) is 15.9. The average molecular weight is 268 g/mol. The first-order chi connectivity index (χ1) is 9.04. The SMILES string of the molecule is COCCNCc1ccc(N(C)CC(C)C)c(F)c1. The van der Waals surface area contributed by atoms with E-state index in [1.54, 1.807) is 13.2 Å². The number of hydrogen-bond acceptors (Lipinski definition) is 3. The molecule has 0 bridgehead atoms. The summed E-state index contributed by atoms with van der Waals surface area (Å²) in [5.74, 6) is 0.356. The Balaban J connectivity index is 2.58. The van der Waals surface area contributed by atoms with Crippen molar-refractivity contribution in [2.45, 2.75) is 20.4 Å². The van der Waals surface area contributed by atoms with Gasteiger partial charge < -0.3 is 15.0 Å². The molecule has 0 aliphatic heterocycles. The van der Waals surface area contributed by atoms with Crippen LogP contribution in [0.5, 0.6) is 0 Å². The van der Waals surface area contributed by atoms with Gasteiger partial charge in [0.25, 0.3) is 0 Å². The molecule has 0 aromatic heterocycles. The number of methoxy groups -OCH3 is 1. The van der Waals surface area contributed by atoms with Crippen LogP contribution >= 0.6 is 0 Å². The Morgan fingerprint density at radius 3 is 2.68 bits per heavy atom. The summed E-state index contributed by atoms with van der Waals surface area (Å²) in [6, 6.07) is 5.42. The van der Waals surface area contributed by atoms with Gasteiger partial charge >= 0.3 is 0 Å². The van der Waals surface area contributed by atoms with Crippen LogP contribution in [0.3, 0.4) is 0 Å². The summed E-state index contributed by atoms with van der Waals surface area (Å²) in [5.41, 5.74) is 1.62. The smallest absolute Gasteiger partial charge is 0.146 e. The number of halogens is 1. The second-order valence-electron chi connectivity index (χ2n) is 5.23. The third-order valence-corrected chi connectivity index (χ3v) is 2.87. The van der Waals surface area contributed by atoms with Crippen LogP contribution in [-0.2, 0) is 11.3 Å². The van der Waals surface area contributed by atoms with E-state index >= 15 is 0 Å². The molecule has 3 nitrogen and oxygen atoms in total. The monoisotopic (exact) mass is 268 g/mol. The van der Waals surface area contributed by atoms with E-state index in [2.05, 4.69) is 19.2 Å². The molecule has 1 rings (SSSR count). The summed E-state index contributed by atoms with van der Waals surface area (Å²) in [6.07, 6.45) is 0. The Labute approximate surface area is 115 Å². The molecule has 0 fully saturated rings. The van der Waals surface area contributed by atoms with Gasteiger partial charge in [-0.05, 0) is 23.6 Å². The average Bonchev–Trinajstić information content (AvgIpc) is 2.33. The van der Waals surface area contributed by atoms with Gasteiger partial charge in [0, 0.05) is 33.8 Å². The van der Waals surface area contributed by atoms with E-state index in [1.807, 2.05) is 24.1 Å². The summed E-state index contributed by atoms with van der Waals surface area (Å²) in [5, 5.41) is 3.21. The van der Waals surface area contributed by atoms with Crippen molar-refractivity contribution in [3.05, 3.63) is 29.6 Å². The second kappa shape index (κ2) is 8.12. The zero-order valence-electron chi connectivity index (χ0n) is 12.4. The van der Waals surface area contributed by atoms with E-state index < -0.39 is 0 Å². The number of ether oxygens (including phenoxy) is 1. The van der Waals surface area contributed by atoms with Crippen molar-refractivity contribution in [3.63, 3.8) is 0 Å². The Bertz CT molecular complexity index is 382. The summed E-state index contributed by atoms with van der Waals surface area (Å²) in [7, 11) is 3.59. The molecule has 0 saturated heterocycles. The Morgan fingerprint density at radius 1 is 1.37 bits per heavy atom. The van der Waals surface area contributed by atoms with E-state index in [0.717, 1.165) is 18.7 Å². The van der Waals surface area contributed by atoms with Crippen LogP contribution in [0.4, 0.5) is 10.1 Å². The predicted octanol–water partition coefficient (Wildman–Crippen LogP) is 2.65. The number of anilines is 1. The predicted molar refractivity (Wildman–Crippen MR) is 78.1 cm³/mol. The summed E-state index contributed by atoms with van der Waals surface area (Å²) in [6.45, 7) is 7.20. The number of benzene rings is 1. The Kier molecular flexibility index (Phi) is 6.81. The fraction of sp³-hybridized carbons (Fsp3) is 0.600. The van der Waals surface area contributed by atoms with Crippen LogP contribution in [0.1, 0.15) is 19.4 Å². The molecule has 4 heteroatoms. The molecule has 0 amide bonds. The van der Waals surface area contributed by atoms with Gasteiger partial charge in [0.1, 0.15) is 5.82 Å². The number of nitrogens with one attached hydrogen (secondary N) is 1. The first-order valence-corrected chi connectivity index (χ1v) is 6.73. The normalized spacial score (nSPS) is 11.1. The highest BCUT2D eigenvalue weighted by molar-refractivity contribution is 5.48. The van der Waals surface area contributed by atoms with Gasteiger partial charge in [0.05, 0.1) is 12.3 Å². The van der Waals surface area contributed by atoms with Crippen molar-refractivity contribution in [1.29, 1.82) is 0 Å². The lowest BCUT2D eigenvalue weighted by atomic mass is 10.1. The van der Waals surface area contributed by atoms with Crippen LogP contribution in [0.15, 0.2) is 18.2 Å². The van der Waals surface area contributed by atoms with Crippen LogP contribution in [0.2, 0.25) is 0 Å². The highest BCUT2D eigenvalue weighted by Crippen LogP contribution is 2.20. The number of rotatable bonds is 8. The quantitative estimate of drug-likeness (QED) is 0.734. The van der Waals surface area contributed by atoms with Crippen LogP contribution in [0, 0.1) is 11.7 Å². The van der Waals surface area contributed by atoms with Crippen LogP contribution in [-0.4, -0.2) is 33.9 Å². The standard InChI is InChI=1S/C15H25FN2O/c1-12(2)11-18(3)15-6-5-13(9-14(15)16)10-17-7-8-19-4/h5-6,9,12,17H,7-8,10-11H2,1-4H3. The largest absolute Gasteiger partial charge is 0.383 e. The van der Waals surface area contributed by atoms with Crippen molar-refractivity contribution in [3.8, 4) is 0 Å². The molecule has 19 heavy (non-hydrogen) atoms. The highest BCUT2D eigenvalue weighted by Gasteiger charge is 2.09. The third kappa shape index (κ3) is 5.57. The molecular weight excluding hydrogens is 243 g/mol. The summed E-state index contributed by atoms with van der Waals surface area (Å²) in [4.78, 5) is 1.96. The lowest BCUT2D eigenvalue weighted by molar-refractivity contribution is 0.199. The molecule has 0 unspecified atom stereocenters. The second-order valence-corrected chi connectivity index (χ2v) is 5.23. The molecule has 1 N–H and O–H groups in total. The van der Waals surface area contributed by atoms with Crippen molar-refractivity contribution < 1.29 is 9.13 Å². The fourth-order valence-corrected chi connectivity index (χ4v) is 2.02. The number of nitrogens with zero attached hydrogens (tertiary/aromatic N) is 1. The van der Waals surface area contributed by atoms with Gasteiger partial charge in [0.2, 0.25) is 0 Å². The maximum absolute atomic E-state index is 14.0. The summed E-state index contributed by atoms with van der Waals surface area (Å²) >= 11 is 0. The van der Waals surface area contributed by atoms with Gasteiger partial charge in [-0.2, -0.15) is 0 Å². The van der Waals surface area contributed by atoms with Crippen molar-refractivity contribution in [2.75, 3.05) is 38.8 Å². The molecular formula is C15H25FN2O. The Hall–Kier alpha value is -1.13. The molecule has 108 valence electrons. The molecule has 0 radical (unpaired) electrons. The van der Waals surface area contributed by atoms with E-state index in [9.17, 15) is 4.39 Å². The molecule has 0 atom stereocenters. The van der Waals surface area contributed by atoms with Crippen LogP contribution < -0.4 is 10.2 Å². The van der Waals surface area contributed by atoms with E-state index in [1.165, 1.54) is 0 Å². The lowest BCUT2D eigenvalue weighted by Crippen LogP contribution is -2.23. The lowest BCUT2D eigenvalue weighted by Gasteiger charge is -2.22. The highest BCUT2D eigenvalue weighted by atomic mass is 19.1. The molecule has 0 aliphatic rings. The minimum atomic E-state index is -0.158. The fourth-order valence-electron chi connectivity index (χ4n) is 2.02. The zero-order valence-corrected chi connectivity index (χ0v) is 12.4. The van der Waals surface area contributed by atoms with Crippen molar-refractivity contribution in [1.82, 2.24) is 5.32 Å². The molecule has 1 aromatic rings. The third-order valence-electron chi connectivity index (χ3n) is 2.87. The van der Waals surface area contributed by atoms with Gasteiger partial charge in [0.15, 0.2) is 0 Å². The summed E-state index contributed by atoms with van der Waals surface area (Å²) < 4.78 is 19.0. The molecule has 0 spiro atoms. The topological polar surface area (TPSA) is 24.5 Å². The minimum Gasteiger partial charge on any atom is -0.383 e. The zero-order chi connectivity index (χ0) is 14.3. The van der Waals surface area contributed by atoms with Gasteiger partial charge in [-0.25, -0.2) is 4.39 Å². The van der Waals surface area contributed by atoms with Gasteiger partial charge in [-0.1, -0.05) is 19.9 Å². The Morgan fingerprint density at radius 2 is 2.11 bits per heavy atom. The number of hydrogen-bond donors (Lipinski definition) is 1. The molecule has 1 aromatic carbocycles. The maximum atomic E-state index is 14.0. The van der Waals surface area contributed by atoms with E-state index in [-0.39, 0.29) is 5.82 Å². The van der Waals surface area contributed by atoms with E-state index in [0.29, 0.717) is 24.8 Å². The van der Waals surface area contributed by atoms with Gasteiger partial charge in [-0.15, -0.1) is 0 Å². The van der Waals surface area contributed by atoms with Crippen molar-refractivity contribution >= 4 is 5.69 Å². The van der Waals surface area contributed by atoms with E-state index in [4.69, 9.17) is 4.74 Å².